The van der Waals surface area contributed by atoms with Crippen molar-refractivity contribution in [3.05, 3.63) is 60.2 Å². The van der Waals surface area contributed by atoms with Crippen LogP contribution in [-0.4, -0.2) is 10.3 Å². The predicted octanol–water partition coefficient (Wildman–Crippen LogP) is 6.95. The zero-order valence-corrected chi connectivity index (χ0v) is 16.7. The normalized spacial score (nSPS) is 13.2. The van der Waals surface area contributed by atoms with Crippen LogP contribution in [0.2, 0.25) is 0 Å². The molecule has 0 N–H and O–H groups in total. The van der Waals surface area contributed by atoms with Gasteiger partial charge in [-0.2, -0.15) is 0 Å². The van der Waals surface area contributed by atoms with Gasteiger partial charge in [0, 0.05) is 0 Å². The fourth-order valence-electron chi connectivity index (χ4n) is 3.67. The van der Waals surface area contributed by atoms with E-state index in [2.05, 4.69) is 96.1 Å². The molecule has 0 bridgehead atoms. The van der Waals surface area contributed by atoms with Crippen LogP contribution in [0, 0.1) is 5.62 Å². The molecule has 0 aromatic heterocycles. The zero-order valence-electron chi connectivity index (χ0n) is 15.1. The topological polar surface area (TPSA) is 0 Å². The molecule has 2 heteroatoms. The average Bonchev–Trinajstić information content (AvgIpc) is 2.47. The first-order valence-electron chi connectivity index (χ1n) is 8.13. The van der Waals surface area contributed by atoms with Crippen LogP contribution in [0.25, 0.3) is 11.1 Å². The SMILES string of the molecule is CC(C)(C)[P+]([CH-]Cl)(c1cccc(-c2ccccc2)c1)C(C)(C)C. The molecule has 23 heavy (non-hydrogen) atoms. The van der Waals surface area contributed by atoms with Crippen molar-refractivity contribution in [1.29, 1.82) is 0 Å². The summed E-state index contributed by atoms with van der Waals surface area (Å²) < 4.78 is 0. The molecular weight excluding hydrogens is 319 g/mol. The maximum Gasteiger partial charge on any atom is 0.0675 e. The van der Waals surface area contributed by atoms with E-state index in [-0.39, 0.29) is 10.3 Å². The van der Waals surface area contributed by atoms with Crippen LogP contribution in [0.5, 0.6) is 0 Å². The quantitative estimate of drug-likeness (QED) is 0.416. The lowest BCUT2D eigenvalue weighted by molar-refractivity contribution is 0.701. The Labute approximate surface area is 147 Å². The third-order valence-corrected chi connectivity index (χ3v) is 11.1. The summed E-state index contributed by atoms with van der Waals surface area (Å²) in [7, 11) is -1.70. The predicted molar refractivity (Wildman–Crippen MR) is 108 cm³/mol. The van der Waals surface area contributed by atoms with Gasteiger partial charge in [0.2, 0.25) is 0 Å². The van der Waals surface area contributed by atoms with Gasteiger partial charge in [-0.15, -0.1) is 0 Å². The molecule has 2 aromatic carbocycles. The second-order valence-corrected chi connectivity index (χ2v) is 13.5. The summed E-state index contributed by atoms with van der Waals surface area (Å²) in [6.45, 7) is 13.9. The molecule has 0 aliphatic carbocycles. The van der Waals surface area contributed by atoms with Crippen molar-refractivity contribution >= 4 is 24.2 Å². The van der Waals surface area contributed by atoms with Crippen molar-refractivity contribution < 1.29 is 0 Å². The number of halogens is 1. The van der Waals surface area contributed by atoms with Gasteiger partial charge >= 0.3 is 0 Å². The summed E-state index contributed by atoms with van der Waals surface area (Å²) in [5.41, 5.74) is 4.52. The lowest BCUT2D eigenvalue weighted by atomic mass is 10.1. The van der Waals surface area contributed by atoms with Gasteiger partial charge in [0.1, 0.15) is 0 Å². The minimum absolute atomic E-state index is 0.113. The van der Waals surface area contributed by atoms with Gasteiger partial charge in [-0.1, -0.05) is 55.3 Å². The molecule has 0 aliphatic heterocycles. The molecule has 0 heterocycles. The third kappa shape index (κ3) is 3.35. The molecular formula is C21H28ClP. The second kappa shape index (κ2) is 6.58. The molecule has 0 amide bonds. The van der Waals surface area contributed by atoms with Crippen LogP contribution in [0.4, 0.5) is 0 Å². The standard InChI is InChI=1S/C21H28ClP/c1-20(2,3)23(16-22,21(4,5)6)19-14-10-13-18(15-19)17-11-8-7-9-12-17/h7-16H,1-6H3. The van der Waals surface area contributed by atoms with Crippen molar-refractivity contribution in [2.45, 2.75) is 51.9 Å². The molecule has 0 unspecified atom stereocenters. The smallest absolute Gasteiger partial charge is 0.0675 e. The Morgan fingerprint density at radius 2 is 1.26 bits per heavy atom. The van der Waals surface area contributed by atoms with E-state index in [0.29, 0.717) is 0 Å². The van der Waals surface area contributed by atoms with Crippen LogP contribution >= 0.6 is 18.9 Å². The van der Waals surface area contributed by atoms with Crippen molar-refractivity contribution in [2.75, 3.05) is 0 Å². The van der Waals surface area contributed by atoms with Crippen molar-refractivity contribution in [1.82, 2.24) is 0 Å². The molecule has 2 rings (SSSR count). The first kappa shape index (κ1) is 18.5. The van der Waals surface area contributed by atoms with Gasteiger partial charge in [-0.25, -0.2) is 0 Å². The van der Waals surface area contributed by atoms with Crippen LogP contribution in [0.15, 0.2) is 54.6 Å². The van der Waals surface area contributed by atoms with Crippen molar-refractivity contribution in [2.24, 2.45) is 0 Å². The number of benzene rings is 2. The number of hydrogen-bond acceptors (Lipinski definition) is 0. The van der Waals surface area contributed by atoms with Gasteiger partial charge in [0.15, 0.2) is 0 Å². The van der Waals surface area contributed by atoms with E-state index in [4.69, 9.17) is 11.6 Å². The molecule has 0 atom stereocenters. The average molecular weight is 347 g/mol. The van der Waals surface area contributed by atoms with E-state index in [1.807, 2.05) is 5.62 Å². The van der Waals surface area contributed by atoms with Crippen molar-refractivity contribution in [3.63, 3.8) is 0 Å². The largest absolute Gasteiger partial charge is 0.304 e. The minimum atomic E-state index is -1.70. The first-order chi connectivity index (χ1) is 10.6. The lowest BCUT2D eigenvalue weighted by Crippen LogP contribution is -2.39. The summed E-state index contributed by atoms with van der Waals surface area (Å²) >= 11 is 6.55. The minimum Gasteiger partial charge on any atom is -0.304 e. The molecule has 0 saturated heterocycles. The monoisotopic (exact) mass is 346 g/mol. The number of rotatable bonds is 3. The van der Waals surface area contributed by atoms with Crippen LogP contribution in [0.1, 0.15) is 41.5 Å². The highest BCUT2D eigenvalue weighted by molar-refractivity contribution is 7.88. The van der Waals surface area contributed by atoms with E-state index < -0.39 is 7.26 Å². The summed E-state index contributed by atoms with van der Waals surface area (Å²) in [6, 6.07) is 19.5. The van der Waals surface area contributed by atoms with Crippen LogP contribution in [-0.2, 0) is 0 Å². The molecule has 0 fully saturated rings. The highest BCUT2D eigenvalue weighted by Crippen LogP contribution is 2.78. The van der Waals surface area contributed by atoms with Gasteiger partial charge in [-0.05, 0) is 64.8 Å². The second-order valence-electron chi connectivity index (χ2n) is 8.08. The van der Waals surface area contributed by atoms with Crippen LogP contribution < -0.4 is 5.30 Å². The molecule has 0 radical (unpaired) electrons. The Morgan fingerprint density at radius 1 is 0.739 bits per heavy atom. The van der Waals surface area contributed by atoms with Gasteiger partial charge in [0.25, 0.3) is 0 Å². The van der Waals surface area contributed by atoms with Crippen LogP contribution in [0.3, 0.4) is 0 Å². The van der Waals surface area contributed by atoms with E-state index >= 15 is 0 Å². The lowest BCUT2D eigenvalue weighted by Gasteiger charge is -2.52. The van der Waals surface area contributed by atoms with E-state index in [9.17, 15) is 0 Å². The Balaban J connectivity index is 2.67. The number of hydrogen-bond donors (Lipinski definition) is 0. The highest BCUT2D eigenvalue weighted by Gasteiger charge is 2.52. The Morgan fingerprint density at radius 3 is 1.74 bits per heavy atom. The Hall–Kier alpha value is -0.840. The summed E-state index contributed by atoms with van der Waals surface area (Å²) in [5, 5.41) is 1.61. The van der Waals surface area contributed by atoms with Gasteiger partial charge in [0.05, 0.1) is 15.6 Å². The van der Waals surface area contributed by atoms with Crippen molar-refractivity contribution in [3.8, 4) is 11.1 Å². The summed E-state index contributed by atoms with van der Waals surface area (Å²) in [4.78, 5) is 0. The Kier molecular flexibility index (Phi) is 5.29. The molecule has 0 spiro atoms. The summed E-state index contributed by atoms with van der Waals surface area (Å²) in [6.07, 6.45) is 0. The fraction of sp³-hybridized carbons (Fsp3) is 0.381. The molecule has 0 saturated carbocycles. The fourth-order valence-corrected chi connectivity index (χ4v) is 10.7. The molecule has 124 valence electrons. The Bertz CT molecular complexity index is 634. The highest BCUT2D eigenvalue weighted by atomic mass is 35.5. The van der Waals surface area contributed by atoms with Gasteiger partial charge < -0.3 is 11.6 Å². The first-order valence-corrected chi connectivity index (χ1v) is 10.4. The molecule has 0 aliphatic rings. The maximum atomic E-state index is 6.55. The maximum absolute atomic E-state index is 6.55. The third-order valence-electron chi connectivity index (χ3n) is 4.62. The zero-order chi connectivity index (χ0) is 17.3. The van der Waals surface area contributed by atoms with E-state index in [0.717, 1.165) is 0 Å². The summed E-state index contributed by atoms with van der Waals surface area (Å²) in [5.74, 6) is 0. The van der Waals surface area contributed by atoms with Gasteiger partial charge in [-0.3, -0.25) is 0 Å². The molecule has 0 nitrogen and oxygen atoms in total. The van der Waals surface area contributed by atoms with E-state index in [1.165, 1.54) is 16.4 Å². The van der Waals surface area contributed by atoms with E-state index in [1.54, 1.807) is 0 Å². The molecule has 2 aromatic rings.